The fourth-order valence-corrected chi connectivity index (χ4v) is 3.31. The number of carbonyl (C=O) groups is 2. The summed E-state index contributed by atoms with van der Waals surface area (Å²) in [5.41, 5.74) is -0.662. The van der Waals surface area contributed by atoms with Gasteiger partial charge in [-0.25, -0.2) is 9.18 Å². The Morgan fingerprint density at radius 3 is 2.23 bits per heavy atom. The maximum atomic E-state index is 12.9. The van der Waals surface area contributed by atoms with E-state index in [0.29, 0.717) is 31.7 Å². The standard InChI is InChI=1S/C19H27FN2O4/c1-13(22(18(24)25)19(2,3)4)17(23)21-11-9-16(10-12-21)26-15-7-5-14(20)6-8-15/h5-8,13,16H,9-12H2,1-4H3,(H,24,25)/t13-/m0/s1. The summed E-state index contributed by atoms with van der Waals surface area (Å²) in [4.78, 5) is 27.2. The molecule has 144 valence electrons. The summed E-state index contributed by atoms with van der Waals surface area (Å²) in [6, 6.07) is 5.12. The number of hydrogen-bond acceptors (Lipinski definition) is 3. The average molecular weight is 366 g/mol. The third-order valence-corrected chi connectivity index (χ3v) is 4.54. The van der Waals surface area contributed by atoms with Gasteiger partial charge in [-0.05, 0) is 52.0 Å². The van der Waals surface area contributed by atoms with Gasteiger partial charge in [0.2, 0.25) is 5.91 Å². The first-order valence-corrected chi connectivity index (χ1v) is 8.83. The van der Waals surface area contributed by atoms with Gasteiger partial charge in [0.05, 0.1) is 0 Å². The van der Waals surface area contributed by atoms with Crippen molar-refractivity contribution >= 4 is 12.0 Å². The van der Waals surface area contributed by atoms with Crippen LogP contribution in [0.5, 0.6) is 5.75 Å². The molecule has 7 heteroatoms. The van der Waals surface area contributed by atoms with Gasteiger partial charge in [-0.1, -0.05) is 0 Å². The minimum Gasteiger partial charge on any atom is -0.490 e. The van der Waals surface area contributed by atoms with E-state index in [0.717, 1.165) is 0 Å². The lowest BCUT2D eigenvalue weighted by Crippen LogP contribution is -2.57. The molecular formula is C19H27FN2O4. The molecule has 2 rings (SSSR count). The summed E-state index contributed by atoms with van der Waals surface area (Å²) >= 11 is 0. The van der Waals surface area contributed by atoms with E-state index in [-0.39, 0.29) is 17.8 Å². The Hall–Kier alpha value is -2.31. The number of rotatable bonds is 4. The Bertz CT molecular complexity index is 634. The molecule has 0 unspecified atom stereocenters. The first kappa shape index (κ1) is 20.0. The van der Waals surface area contributed by atoms with Crippen LogP contribution in [0.1, 0.15) is 40.5 Å². The molecule has 0 radical (unpaired) electrons. The third kappa shape index (κ3) is 4.86. The van der Waals surface area contributed by atoms with Gasteiger partial charge < -0.3 is 14.7 Å². The molecule has 1 aliphatic rings. The van der Waals surface area contributed by atoms with Crippen LogP contribution in [0.25, 0.3) is 0 Å². The van der Waals surface area contributed by atoms with Crippen molar-refractivity contribution < 1.29 is 23.8 Å². The topological polar surface area (TPSA) is 70.1 Å². The van der Waals surface area contributed by atoms with Gasteiger partial charge in [0.1, 0.15) is 23.7 Å². The Morgan fingerprint density at radius 1 is 1.23 bits per heavy atom. The predicted molar refractivity (Wildman–Crippen MR) is 95.7 cm³/mol. The number of carboxylic acid groups (broad SMARTS) is 1. The number of benzene rings is 1. The van der Waals surface area contributed by atoms with Gasteiger partial charge >= 0.3 is 6.09 Å². The summed E-state index contributed by atoms with van der Waals surface area (Å²) in [6.45, 7) is 7.96. The molecule has 26 heavy (non-hydrogen) atoms. The Labute approximate surface area is 153 Å². The average Bonchev–Trinajstić information content (AvgIpc) is 2.55. The van der Waals surface area contributed by atoms with Crippen LogP contribution in [-0.4, -0.2) is 57.7 Å². The van der Waals surface area contributed by atoms with Crippen LogP contribution >= 0.6 is 0 Å². The largest absolute Gasteiger partial charge is 0.490 e. The lowest BCUT2D eigenvalue weighted by molar-refractivity contribution is -0.139. The number of halogens is 1. The molecule has 1 atom stereocenters. The second-order valence-electron chi connectivity index (χ2n) is 7.60. The molecule has 1 aromatic carbocycles. The molecule has 1 aliphatic heterocycles. The van der Waals surface area contributed by atoms with E-state index in [1.807, 2.05) is 0 Å². The fourth-order valence-electron chi connectivity index (χ4n) is 3.31. The van der Waals surface area contributed by atoms with Crippen molar-refractivity contribution in [3.8, 4) is 5.75 Å². The first-order valence-electron chi connectivity index (χ1n) is 8.83. The predicted octanol–water partition coefficient (Wildman–Crippen LogP) is 3.36. The van der Waals surface area contributed by atoms with Crippen molar-refractivity contribution in [1.82, 2.24) is 9.80 Å². The highest BCUT2D eigenvalue weighted by molar-refractivity contribution is 5.85. The van der Waals surface area contributed by atoms with Crippen LogP contribution in [0.3, 0.4) is 0 Å². The Kier molecular flexibility index (Phi) is 6.10. The quantitative estimate of drug-likeness (QED) is 0.887. The zero-order valence-corrected chi connectivity index (χ0v) is 15.7. The highest BCUT2D eigenvalue weighted by atomic mass is 19.1. The molecule has 1 saturated heterocycles. The number of amides is 2. The summed E-state index contributed by atoms with van der Waals surface area (Å²) in [7, 11) is 0. The second kappa shape index (κ2) is 7.93. The van der Waals surface area contributed by atoms with Crippen molar-refractivity contribution in [3.63, 3.8) is 0 Å². The summed E-state index contributed by atoms with van der Waals surface area (Å²) in [5, 5.41) is 9.46. The molecule has 1 fully saturated rings. The number of ether oxygens (including phenoxy) is 1. The number of likely N-dealkylation sites (tertiary alicyclic amines) is 1. The van der Waals surface area contributed by atoms with Crippen molar-refractivity contribution in [1.29, 1.82) is 0 Å². The van der Waals surface area contributed by atoms with Crippen LogP contribution < -0.4 is 4.74 Å². The molecule has 0 aliphatic carbocycles. The van der Waals surface area contributed by atoms with E-state index in [1.165, 1.54) is 17.0 Å². The maximum Gasteiger partial charge on any atom is 0.408 e. The van der Waals surface area contributed by atoms with Crippen molar-refractivity contribution in [2.24, 2.45) is 0 Å². The van der Waals surface area contributed by atoms with Crippen LogP contribution in [0.2, 0.25) is 0 Å². The zero-order chi connectivity index (χ0) is 19.5. The molecule has 1 N–H and O–H groups in total. The minimum atomic E-state index is -1.10. The number of carbonyl (C=O) groups excluding carboxylic acids is 1. The molecule has 0 bridgehead atoms. The van der Waals surface area contributed by atoms with E-state index in [2.05, 4.69) is 0 Å². The van der Waals surface area contributed by atoms with Crippen LogP contribution in [0.15, 0.2) is 24.3 Å². The van der Waals surface area contributed by atoms with E-state index >= 15 is 0 Å². The van der Waals surface area contributed by atoms with Gasteiger partial charge in [0, 0.05) is 31.5 Å². The highest BCUT2D eigenvalue weighted by Crippen LogP contribution is 2.22. The van der Waals surface area contributed by atoms with Gasteiger partial charge in [-0.3, -0.25) is 9.69 Å². The van der Waals surface area contributed by atoms with Crippen molar-refractivity contribution in [3.05, 3.63) is 30.1 Å². The van der Waals surface area contributed by atoms with E-state index in [4.69, 9.17) is 4.74 Å². The normalized spacial score (nSPS) is 16.9. The maximum absolute atomic E-state index is 12.9. The molecule has 2 amide bonds. The molecule has 1 heterocycles. The molecule has 0 saturated carbocycles. The third-order valence-electron chi connectivity index (χ3n) is 4.54. The van der Waals surface area contributed by atoms with Crippen LogP contribution in [0.4, 0.5) is 9.18 Å². The van der Waals surface area contributed by atoms with Gasteiger partial charge in [0.25, 0.3) is 0 Å². The minimum absolute atomic E-state index is 0.0435. The van der Waals surface area contributed by atoms with Gasteiger partial charge in [0.15, 0.2) is 0 Å². The Balaban J connectivity index is 1.92. The molecular weight excluding hydrogens is 339 g/mol. The molecule has 1 aromatic rings. The molecule has 0 spiro atoms. The molecule has 6 nitrogen and oxygen atoms in total. The lowest BCUT2D eigenvalue weighted by Gasteiger charge is -2.40. The monoisotopic (exact) mass is 366 g/mol. The summed E-state index contributed by atoms with van der Waals surface area (Å²) < 4.78 is 18.8. The summed E-state index contributed by atoms with van der Waals surface area (Å²) in [6.07, 6.45) is 0.155. The SMILES string of the molecule is C[C@@H](C(=O)N1CCC(Oc2ccc(F)cc2)CC1)N(C(=O)O)C(C)(C)C. The lowest BCUT2D eigenvalue weighted by atomic mass is 10.0. The summed E-state index contributed by atoms with van der Waals surface area (Å²) in [5.74, 6) is 0.102. The van der Waals surface area contributed by atoms with E-state index in [9.17, 15) is 19.1 Å². The smallest absolute Gasteiger partial charge is 0.408 e. The molecule has 0 aromatic heterocycles. The van der Waals surface area contributed by atoms with Gasteiger partial charge in [-0.2, -0.15) is 0 Å². The highest BCUT2D eigenvalue weighted by Gasteiger charge is 2.37. The van der Waals surface area contributed by atoms with Crippen LogP contribution in [-0.2, 0) is 4.79 Å². The van der Waals surface area contributed by atoms with Crippen molar-refractivity contribution in [2.45, 2.75) is 58.2 Å². The first-order chi connectivity index (χ1) is 12.1. The number of piperidine rings is 1. The number of nitrogens with zero attached hydrogens (tertiary/aromatic N) is 2. The van der Waals surface area contributed by atoms with Gasteiger partial charge in [-0.15, -0.1) is 0 Å². The number of hydrogen-bond donors (Lipinski definition) is 1. The zero-order valence-electron chi connectivity index (χ0n) is 15.7. The van der Waals surface area contributed by atoms with Crippen LogP contribution in [0, 0.1) is 5.82 Å². The van der Waals surface area contributed by atoms with E-state index < -0.39 is 17.7 Å². The van der Waals surface area contributed by atoms with Crippen molar-refractivity contribution in [2.75, 3.05) is 13.1 Å². The fraction of sp³-hybridized carbons (Fsp3) is 0.579. The second-order valence-corrected chi connectivity index (χ2v) is 7.60. The van der Waals surface area contributed by atoms with E-state index in [1.54, 1.807) is 44.7 Å². The Morgan fingerprint density at radius 2 is 1.77 bits per heavy atom.